The first kappa shape index (κ1) is 19.2. The van der Waals surface area contributed by atoms with Crippen molar-refractivity contribution in [3.63, 3.8) is 0 Å². The molecule has 0 aromatic heterocycles. The van der Waals surface area contributed by atoms with E-state index in [4.69, 9.17) is 0 Å². The summed E-state index contributed by atoms with van der Waals surface area (Å²) in [5, 5.41) is 0. The lowest BCUT2D eigenvalue weighted by atomic mass is 9.85. The van der Waals surface area contributed by atoms with Gasteiger partial charge in [-0.3, -0.25) is 0 Å². The van der Waals surface area contributed by atoms with Gasteiger partial charge in [-0.25, -0.2) is 4.39 Å². The Morgan fingerprint density at radius 2 is 1.69 bits per heavy atom. The summed E-state index contributed by atoms with van der Waals surface area (Å²) >= 11 is 0. The summed E-state index contributed by atoms with van der Waals surface area (Å²) in [5.74, 6) is 0.0915. The first-order chi connectivity index (χ1) is 14.0. The Kier molecular flexibility index (Phi) is 4.94. The number of rotatable bonds is 4. The van der Waals surface area contributed by atoms with Crippen molar-refractivity contribution >= 4 is 10.2 Å². The monoisotopic (exact) mass is 415 g/mol. The van der Waals surface area contributed by atoms with Crippen LogP contribution in [0.5, 0.6) is 0 Å². The van der Waals surface area contributed by atoms with Crippen LogP contribution in [0.3, 0.4) is 0 Å². The molecule has 2 aromatic rings. The zero-order chi connectivity index (χ0) is 20.0. The van der Waals surface area contributed by atoms with Gasteiger partial charge in [0.1, 0.15) is 5.82 Å². The van der Waals surface area contributed by atoms with Crippen LogP contribution in [0, 0.1) is 11.7 Å². The van der Waals surface area contributed by atoms with Gasteiger partial charge in [-0.15, -0.1) is 0 Å². The molecule has 4 aliphatic rings. The molecule has 29 heavy (non-hydrogen) atoms. The van der Waals surface area contributed by atoms with E-state index in [1.54, 1.807) is 16.4 Å². The SMILES string of the molecule is O=S(=O)(NC1CN2CCC1CC2)N1CCc2ccccc2[C@@H]1c1ccc(F)cc1. The lowest BCUT2D eigenvalue weighted by Gasteiger charge is -2.46. The topological polar surface area (TPSA) is 52.7 Å². The number of fused-ring (bicyclic) bond motifs is 4. The van der Waals surface area contributed by atoms with Gasteiger partial charge in [0.15, 0.2) is 0 Å². The molecule has 3 fully saturated rings. The molecule has 0 aliphatic carbocycles. The van der Waals surface area contributed by atoms with Crippen molar-refractivity contribution in [3.8, 4) is 0 Å². The van der Waals surface area contributed by atoms with Crippen molar-refractivity contribution < 1.29 is 12.8 Å². The van der Waals surface area contributed by atoms with Crippen molar-refractivity contribution in [1.82, 2.24) is 13.9 Å². The van der Waals surface area contributed by atoms with Crippen LogP contribution >= 0.6 is 0 Å². The van der Waals surface area contributed by atoms with E-state index in [0.29, 0.717) is 18.9 Å². The van der Waals surface area contributed by atoms with E-state index in [0.717, 1.165) is 49.2 Å². The van der Waals surface area contributed by atoms with Gasteiger partial charge in [-0.1, -0.05) is 36.4 Å². The summed E-state index contributed by atoms with van der Waals surface area (Å²) in [6, 6.07) is 13.7. The van der Waals surface area contributed by atoms with E-state index in [9.17, 15) is 12.8 Å². The smallest absolute Gasteiger partial charge is 0.280 e. The van der Waals surface area contributed by atoms with Crippen LogP contribution in [0.4, 0.5) is 4.39 Å². The quantitative estimate of drug-likeness (QED) is 0.836. The lowest BCUT2D eigenvalue weighted by Crippen LogP contribution is -2.59. The van der Waals surface area contributed by atoms with Crippen LogP contribution in [0.2, 0.25) is 0 Å². The molecule has 4 aliphatic heterocycles. The highest BCUT2D eigenvalue weighted by molar-refractivity contribution is 7.87. The lowest BCUT2D eigenvalue weighted by molar-refractivity contribution is 0.0816. The van der Waals surface area contributed by atoms with E-state index < -0.39 is 16.3 Å². The largest absolute Gasteiger partial charge is 0.302 e. The van der Waals surface area contributed by atoms with Crippen molar-refractivity contribution in [3.05, 3.63) is 71.0 Å². The van der Waals surface area contributed by atoms with Crippen LogP contribution in [0.25, 0.3) is 0 Å². The summed E-state index contributed by atoms with van der Waals surface area (Å²) < 4.78 is 45.1. The molecule has 7 heteroatoms. The number of hydrogen-bond acceptors (Lipinski definition) is 3. The standard InChI is InChI=1S/C22H26FN3O2S/c23-19-7-5-18(6-8-19)22-20-4-2-1-3-16(20)11-14-26(22)29(27,28)24-21-15-25-12-9-17(21)10-13-25/h1-8,17,21-22,24H,9-15H2/t21?,22-/m0/s1. The maximum absolute atomic E-state index is 13.5. The number of halogens is 1. The van der Waals surface area contributed by atoms with E-state index >= 15 is 0 Å². The maximum atomic E-state index is 13.5. The molecule has 3 saturated heterocycles. The molecule has 0 amide bonds. The molecule has 5 nitrogen and oxygen atoms in total. The van der Waals surface area contributed by atoms with E-state index in [1.165, 1.54) is 12.1 Å². The molecule has 1 N–H and O–H groups in total. The minimum atomic E-state index is -3.69. The predicted octanol–water partition coefficient (Wildman–Crippen LogP) is 2.70. The van der Waals surface area contributed by atoms with Gasteiger partial charge in [0, 0.05) is 19.1 Å². The van der Waals surface area contributed by atoms with E-state index in [-0.39, 0.29) is 11.9 Å². The predicted molar refractivity (Wildman–Crippen MR) is 110 cm³/mol. The molecule has 0 spiro atoms. The van der Waals surface area contributed by atoms with Gasteiger partial charge in [0.2, 0.25) is 0 Å². The molecule has 154 valence electrons. The van der Waals surface area contributed by atoms with Gasteiger partial charge in [-0.2, -0.15) is 17.4 Å². The Morgan fingerprint density at radius 1 is 0.966 bits per heavy atom. The molecule has 6 rings (SSSR count). The zero-order valence-electron chi connectivity index (χ0n) is 16.3. The Bertz CT molecular complexity index is 987. The summed E-state index contributed by atoms with van der Waals surface area (Å²) in [5.41, 5.74) is 2.92. The van der Waals surface area contributed by atoms with Crippen LogP contribution in [-0.4, -0.2) is 49.8 Å². The number of hydrogen-bond donors (Lipinski definition) is 1. The van der Waals surface area contributed by atoms with E-state index in [2.05, 4.69) is 15.7 Å². The number of benzene rings is 2. The molecule has 2 aromatic carbocycles. The summed E-state index contributed by atoms with van der Waals surface area (Å²) in [7, 11) is -3.69. The minimum absolute atomic E-state index is 0.0338. The highest BCUT2D eigenvalue weighted by Crippen LogP contribution is 2.37. The first-order valence-corrected chi connectivity index (χ1v) is 11.8. The summed E-state index contributed by atoms with van der Waals surface area (Å²) in [6.07, 6.45) is 2.78. The third kappa shape index (κ3) is 3.61. The fourth-order valence-electron chi connectivity index (χ4n) is 5.15. The average molecular weight is 416 g/mol. The van der Waals surface area contributed by atoms with Gasteiger partial charge < -0.3 is 4.90 Å². The Hall–Kier alpha value is -1.80. The molecule has 1 unspecified atom stereocenters. The Labute approximate surface area is 171 Å². The molecule has 0 saturated carbocycles. The number of nitrogens with one attached hydrogen (secondary N) is 1. The van der Waals surface area contributed by atoms with Crippen LogP contribution in [0.15, 0.2) is 48.5 Å². The highest BCUT2D eigenvalue weighted by atomic mass is 32.2. The van der Waals surface area contributed by atoms with Crippen molar-refractivity contribution in [1.29, 1.82) is 0 Å². The summed E-state index contributed by atoms with van der Waals surface area (Å²) in [6.45, 7) is 3.33. The molecular formula is C22H26FN3O2S. The molecule has 0 radical (unpaired) electrons. The summed E-state index contributed by atoms with van der Waals surface area (Å²) in [4.78, 5) is 2.34. The maximum Gasteiger partial charge on any atom is 0.280 e. The van der Waals surface area contributed by atoms with Gasteiger partial charge >= 0.3 is 0 Å². The Balaban J connectivity index is 1.49. The molecular weight excluding hydrogens is 389 g/mol. The van der Waals surface area contributed by atoms with Crippen molar-refractivity contribution in [2.75, 3.05) is 26.2 Å². The molecule has 2 atom stereocenters. The van der Waals surface area contributed by atoms with E-state index in [1.807, 2.05) is 18.2 Å². The Morgan fingerprint density at radius 3 is 2.38 bits per heavy atom. The normalized spacial score (nSPS) is 29.6. The third-order valence-corrected chi connectivity index (χ3v) is 8.30. The third-order valence-electron chi connectivity index (χ3n) is 6.69. The number of nitrogens with zero attached hydrogens (tertiary/aromatic N) is 2. The first-order valence-electron chi connectivity index (χ1n) is 10.4. The fourth-order valence-corrected chi connectivity index (χ4v) is 6.78. The van der Waals surface area contributed by atoms with Crippen molar-refractivity contribution in [2.45, 2.75) is 31.3 Å². The molecule has 2 bridgehead atoms. The average Bonchev–Trinajstić information content (AvgIpc) is 2.74. The van der Waals surface area contributed by atoms with Crippen LogP contribution in [-0.2, 0) is 16.6 Å². The van der Waals surface area contributed by atoms with Gasteiger partial charge in [0.25, 0.3) is 10.2 Å². The van der Waals surface area contributed by atoms with Crippen LogP contribution < -0.4 is 4.72 Å². The highest BCUT2D eigenvalue weighted by Gasteiger charge is 2.41. The van der Waals surface area contributed by atoms with Gasteiger partial charge in [0.05, 0.1) is 6.04 Å². The molecule has 4 heterocycles. The number of piperidine rings is 3. The second kappa shape index (κ2) is 7.47. The fraction of sp³-hybridized carbons (Fsp3) is 0.455. The zero-order valence-corrected chi connectivity index (χ0v) is 17.1. The second-order valence-corrected chi connectivity index (χ2v) is 10.0. The van der Waals surface area contributed by atoms with Gasteiger partial charge in [-0.05, 0) is 67.1 Å². The second-order valence-electron chi connectivity index (χ2n) is 8.38. The van der Waals surface area contributed by atoms with Crippen LogP contribution in [0.1, 0.15) is 35.6 Å². The van der Waals surface area contributed by atoms with Crippen molar-refractivity contribution in [2.24, 2.45) is 5.92 Å². The minimum Gasteiger partial charge on any atom is -0.302 e.